The molecule has 80 valence electrons. The summed E-state index contributed by atoms with van der Waals surface area (Å²) < 4.78 is 0. The molecular formula is C12H14ClNO. The van der Waals surface area contributed by atoms with Crippen LogP contribution in [0.4, 0.5) is 0 Å². The molecule has 1 N–H and O–H groups in total. The predicted molar refractivity (Wildman–Crippen MR) is 61.0 cm³/mol. The fourth-order valence-electron chi connectivity index (χ4n) is 2.12. The Labute approximate surface area is 94.6 Å². The summed E-state index contributed by atoms with van der Waals surface area (Å²) in [6.45, 7) is 4.15. The quantitative estimate of drug-likeness (QED) is 0.779. The van der Waals surface area contributed by atoms with E-state index in [4.69, 9.17) is 11.6 Å². The smallest absolute Gasteiger partial charge is 0.221 e. The van der Waals surface area contributed by atoms with Crippen LogP contribution in [0, 0.1) is 0 Å². The molecule has 15 heavy (non-hydrogen) atoms. The molecule has 2 unspecified atom stereocenters. The summed E-state index contributed by atoms with van der Waals surface area (Å²) in [5.41, 5.74) is 1.06. The van der Waals surface area contributed by atoms with Gasteiger partial charge in [-0.3, -0.25) is 4.79 Å². The topological polar surface area (TPSA) is 29.1 Å². The number of amides is 1. The van der Waals surface area contributed by atoms with Crippen LogP contribution in [-0.4, -0.2) is 11.9 Å². The molecule has 0 aromatic heterocycles. The highest BCUT2D eigenvalue weighted by Crippen LogP contribution is 2.35. The number of rotatable bonds is 1. The molecule has 1 fully saturated rings. The molecule has 0 spiro atoms. The Balaban J connectivity index is 2.37. The van der Waals surface area contributed by atoms with Gasteiger partial charge in [-0.15, -0.1) is 0 Å². The molecule has 1 amide bonds. The van der Waals surface area contributed by atoms with Crippen LogP contribution in [0.3, 0.4) is 0 Å². The fourth-order valence-corrected chi connectivity index (χ4v) is 2.25. The molecule has 1 aromatic rings. The third-order valence-corrected chi connectivity index (χ3v) is 3.62. The minimum absolute atomic E-state index is 0.109. The minimum Gasteiger partial charge on any atom is -0.353 e. The van der Waals surface area contributed by atoms with Gasteiger partial charge in [0.1, 0.15) is 0 Å². The number of carbonyl (C=O) groups excluding carboxylic acids is 1. The number of hydrogen-bond donors (Lipinski definition) is 1. The van der Waals surface area contributed by atoms with Crippen molar-refractivity contribution in [1.82, 2.24) is 5.32 Å². The van der Waals surface area contributed by atoms with Crippen LogP contribution in [0.15, 0.2) is 24.3 Å². The maximum absolute atomic E-state index is 11.4. The Morgan fingerprint density at radius 2 is 2.00 bits per heavy atom. The van der Waals surface area contributed by atoms with Gasteiger partial charge in [-0.05, 0) is 24.6 Å². The Hall–Kier alpha value is -1.02. The zero-order valence-electron chi connectivity index (χ0n) is 8.88. The van der Waals surface area contributed by atoms with Crippen LogP contribution in [0.2, 0.25) is 5.02 Å². The second kappa shape index (κ2) is 3.53. The first kappa shape index (κ1) is 10.5. The van der Waals surface area contributed by atoms with E-state index in [2.05, 4.69) is 12.2 Å². The fraction of sp³-hybridized carbons (Fsp3) is 0.417. The van der Waals surface area contributed by atoms with Crippen molar-refractivity contribution in [1.29, 1.82) is 0 Å². The normalized spacial score (nSPS) is 30.3. The van der Waals surface area contributed by atoms with Crippen LogP contribution in [0.25, 0.3) is 0 Å². The molecule has 0 saturated carbocycles. The van der Waals surface area contributed by atoms with Gasteiger partial charge in [0.2, 0.25) is 5.91 Å². The molecular weight excluding hydrogens is 210 g/mol. The lowest BCUT2D eigenvalue weighted by Gasteiger charge is -2.28. The van der Waals surface area contributed by atoms with Gasteiger partial charge in [0, 0.05) is 22.9 Å². The summed E-state index contributed by atoms with van der Waals surface area (Å²) in [5, 5.41) is 3.68. The average molecular weight is 224 g/mol. The van der Waals surface area contributed by atoms with Crippen molar-refractivity contribution >= 4 is 17.5 Å². The molecule has 1 saturated heterocycles. The molecule has 0 aliphatic carbocycles. The van der Waals surface area contributed by atoms with Crippen LogP contribution >= 0.6 is 11.6 Å². The van der Waals surface area contributed by atoms with E-state index < -0.39 is 0 Å². The van der Waals surface area contributed by atoms with Gasteiger partial charge in [-0.25, -0.2) is 0 Å². The Kier molecular flexibility index (Phi) is 2.47. The Bertz CT molecular complexity index is 387. The number of hydrogen-bond acceptors (Lipinski definition) is 1. The van der Waals surface area contributed by atoms with E-state index in [0.717, 1.165) is 10.6 Å². The summed E-state index contributed by atoms with van der Waals surface area (Å²) >= 11 is 5.85. The van der Waals surface area contributed by atoms with E-state index in [-0.39, 0.29) is 17.4 Å². The third-order valence-electron chi connectivity index (χ3n) is 3.36. The number of carbonyl (C=O) groups is 1. The molecule has 2 rings (SSSR count). The van der Waals surface area contributed by atoms with Crippen molar-refractivity contribution in [3.05, 3.63) is 34.9 Å². The van der Waals surface area contributed by atoms with Crippen molar-refractivity contribution in [3.63, 3.8) is 0 Å². The molecule has 3 heteroatoms. The lowest BCUT2D eigenvalue weighted by molar-refractivity contribution is -0.119. The molecule has 1 aromatic carbocycles. The third kappa shape index (κ3) is 1.74. The summed E-state index contributed by atoms with van der Waals surface area (Å²) in [4.78, 5) is 11.4. The van der Waals surface area contributed by atoms with Crippen LogP contribution in [0.1, 0.15) is 25.8 Å². The Morgan fingerprint density at radius 3 is 2.47 bits per heavy atom. The maximum Gasteiger partial charge on any atom is 0.221 e. The molecule has 2 nitrogen and oxygen atoms in total. The summed E-state index contributed by atoms with van der Waals surface area (Å²) in [6.07, 6.45) is 0.551. The molecule has 1 aliphatic heterocycles. The highest BCUT2D eigenvalue weighted by Gasteiger charge is 2.41. The van der Waals surface area contributed by atoms with Gasteiger partial charge in [0.15, 0.2) is 0 Å². The first-order valence-electron chi connectivity index (χ1n) is 5.08. The second-order valence-electron chi connectivity index (χ2n) is 4.39. The van der Waals surface area contributed by atoms with E-state index in [9.17, 15) is 4.79 Å². The molecule has 1 heterocycles. The summed E-state index contributed by atoms with van der Waals surface area (Å²) in [7, 11) is 0. The van der Waals surface area contributed by atoms with Gasteiger partial charge in [0.25, 0.3) is 0 Å². The maximum atomic E-state index is 11.4. The van der Waals surface area contributed by atoms with E-state index >= 15 is 0 Å². The van der Waals surface area contributed by atoms with Gasteiger partial charge in [0.05, 0.1) is 0 Å². The minimum atomic E-state index is -0.109. The van der Waals surface area contributed by atoms with Gasteiger partial charge in [-0.1, -0.05) is 30.7 Å². The average Bonchev–Trinajstić information content (AvgIpc) is 2.42. The first-order valence-corrected chi connectivity index (χ1v) is 5.45. The monoisotopic (exact) mass is 223 g/mol. The van der Waals surface area contributed by atoms with E-state index in [1.54, 1.807) is 0 Å². The zero-order chi connectivity index (χ0) is 11.1. The van der Waals surface area contributed by atoms with Crippen molar-refractivity contribution in [2.75, 3.05) is 0 Å². The largest absolute Gasteiger partial charge is 0.353 e. The summed E-state index contributed by atoms with van der Waals surface area (Å²) in [6, 6.07) is 7.92. The summed E-state index contributed by atoms with van der Waals surface area (Å²) in [5.74, 6) is 0.125. The molecule has 0 radical (unpaired) electrons. The number of benzene rings is 1. The van der Waals surface area contributed by atoms with E-state index in [1.165, 1.54) is 0 Å². The van der Waals surface area contributed by atoms with Crippen LogP contribution < -0.4 is 5.32 Å². The lowest BCUT2D eigenvalue weighted by Crippen LogP contribution is -2.35. The molecule has 0 bridgehead atoms. The SMILES string of the molecule is CC1NC(=O)CC1(C)c1ccc(Cl)cc1. The highest BCUT2D eigenvalue weighted by molar-refractivity contribution is 6.30. The standard InChI is InChI=1S/C12H14ClNO/c1-8-12(2,7-11(15)14-8)9-3-5-10(13)6-4-9/h3-6,8H,7H2,1-2H3,(H,14,15). The van der Waals surface area contributed by atoms with Crippen molar-refractivity contribution < 1.29 is 4.79 Å². The van der Waals surface area contributed by atoms with E-state index in [1.807, 2.05) is 31.2 Å². The Morgan fingerprint density at radius 1 is 1.40 bits per heavy atom. The molecule has 1 aliphatic rings. The van der Waals surface area contributed by atoms with Crippen molar-refractivity contribution in [2.45, 2.75) is 31.7 Å². The molecule has 2 atom stereocenters. The van der Waals surface area contributed by atoms with Gasteiger partial charge in [-0.2, -0.15) is 0 Å². The van der Waals surface area contributed by atoms with Crippen molar-refractivity contribution in [3.8, 4) is 0 Å². The van der Waals surface area contributed by atoms with Crippen LogP contribution in [-0.2, 0) is 10.2 Å². The zero-order valence-corrected chi connectivity index (χ0v) is 9.64. The predicted octanol–water partition coefficient (Wildman–Crippen LogP) is 2.51. The van der Waals surface area contributed by atoms with Crippen molar-refractivity contribution in [2.24, 2.45) is 0 Å². The van der Waals surface area contributed by atoms with Gasteiger partial charge < -0.3 is 5.32 Å². The lowest BCUT2D eigenvalue weighted by atomic mass is 9.77. The second-order valence-corrected chi connectivity index (χ2v) is 4.83. The van der Waals surface area contributed by atoms with Crippen LogP contribution in [0.5, 0.6) is 0 Å². The highest BCUT2D eigenvalue weighted by atomic mass is 35.5. The first-order chi connectivity index (χ1) is 7.02. The number of nitrogens with one attached hydrogen (secondary N) is 1. The van der Waals surface area contributed by atoms with Gasteiger partial charge >= 0.3 is 0 Å². The van der Waals surface area contributed by atoms with E-state index in [0.29, 0.717) is 6.42 Å². The number of halogens is 1.